The molecule has 3 rings (SSSR count). The summed E-state index contributed by atoms with van der Waals surface area (Å²) in [7, 11) is 1.64. The molecule has 0 aliphatic heterocycles. The Morgan fingerprint density at radius 3 is 2.09 bits per heavy atom. The highest BCUT2D eigenvalue weighted by Gasteiger charge is 2.30. The highest BCUT2D eigenvalue weighted by atomic mass is 16.5. The first kappa shape index (κ1) is 23.1. The summed E-state index contributed by atoms with van der Waals surface area (Å²) in [6.45, 7) is 2.68. The minimum atomic E-state index is -0.695. The Balaban J connectivity index is 1.78. The lowest BCUT2D eigenvalue weighted by atomic mass is 10.0. The second kappa shape index (κ2) is 11.7. The van der Waals surface area contributed by atoms with E-state index in [2.05, 4.69) is 5.32 Å². The van der Waals surface area contributed by atoms with Gasteiger partial charge in [-0.25, -0.2) is 0 Å². The van der Waals surface area contributed by atoms with Gasteiger partial charge in [0.2, 0.25) is 11.8 Å². The summed E-state index contributed by atoms with van der Waals surface area (Å²) in [4.78, 5) is 28.0. The highest BCUT2D eigenvalue weighted by Crippen LogP contribution is 2.24. The number of rotatable bonds is 10. The maximum atomic E-state index is 13.4. The van der Waals surface area contributed by atoms with Crippen LogP contribution in [0.4, 0.5) is 0 Å². The van der Waals surface area contributed by atoms with E-state index in [0.717, 1.165) is 22.4 Å². The molecule has 1 atom stereocenters. The lowest BCUT2D eigenvalue weighted by Crippen LogP contribution is -2.43. The van der Waals surface area contributed by atoms with E-state index in [1.807, 2.05) is 91.9 Å². The molecule has 0 saturated heterocycles. The van der Waals surface area contributed by atoms with E-state index in [1.54, 1.807) is 12.0 Å². The van der Waals surface area contributed by atoms with Crippen LogP contribution in [0.15, 0.2) is 84.9 Å². The number of ether oxygens (including phenoxy) is 1. The average Bonchev–Trinajstić information content (AvgIpc) is 2.85. The molecule has 3 aromatic carbocycles. The predicted octanol–water partition coefficient (Wildman–Crippen LogP) is 4.53. The van der Waals surface area contributed by atoms with E-state index < -0.39 is 6.04 Å². The normalized spacial score (nSPS) is 11.4. The molecule has 2 amide bonds. The van der Waals surface area contributed by atoms with Crippen LogP contribution in [0.5, 0.6) is 5.75 Å². The number of amides is 2. The van der Waals surface area contributed by atoms with Crippen molar-refractivity contribution in [1.29, 1.82) is 0 Å². The van der Waals surface area contributed by atoms with E-state index >= 15 is 0 Å². The molecule has 0 aliphatic carbocycles. The van der Waals surface area contributed by atoms with E-state index in [1.165, 1.54) is 0 Å². The van der Waals surface area contributed by atoms with Crippen LogP contribution in [0.2, 0.25) is 0 Å². The first-order valence-corrected chi connectivity index (χ1v) is 10.9. The van der Waals surface area contributed by atoms with Crippen molar-refractivity contribution in [3.05, 3.63) is 102 Å². The molecular formula is C27H30N2O3. The van der Waals surface area contributed by atoms with Gasteiger partial charge >= 0.3 is 0 Å². The lowest BCUT2D eigenvalue weighted by Gasteiger charge is -2.31. The average molecular weight is 431 g/mol. The quantitative estimate of drug-likeness (QED) is 0.514. The van der Waals surface area contributed by atoms with Crippen molar-refractivity contribution in [1.82, 2.24) is 10.2 Å². The maximum absolute atomic E-state index is 13.4. The SMILES string of the molecule is CCC(=O)N(Cc1ccccc1)[C@@H](C(=O)NCCc1ccc(OC)cc1)c1ccccc1. The van der Waals surface area contributed by atoms with Gasteiger partial charge in [0.25, 0.3) is 0 Å². The molecule has 0 bridgehead atoms. The van der Waals surface area contributed by atoms with Crippen LogP contribution in [0, 0.1) is 0 Å². The standard InChI is InChI=1S/C27H30N2O3/c1-3-25(30)29(20-22-10-6-4-7-11-22)26(23-12-8-5-9-13-23)27(31)28-19-18-21-14-16-24(32-2)17-15-21/h4-17,26H,3,18-20H2,1-2H3,(H,28,31)/t26-/m1/s1. The molecule has 0 heterocycles. The van der Waals surface area contributed by atoms with Crippen molar-refractivity contribution in [2.45, 2.75) is 32.4 Å². The molecule has 5 heteroatoms. The highest BCUT2D eigenvalue weighted by molar-refractivity contribution is 5.88. The summed E-state index contributed by atoms with van der Waals surface area (Å²) in [5.41, 5.74) is 2.89. The molecule has 0 spiro atoms. The Morgan fingerprint density at radius 2 is 1.50 bits per heavy atom. The van der Waals surface area contributed by atoms with Crippen molar-refractivity contribution in [3.63, 3.8) is 0 Å². The molecular weight excluding hydrogens is 400 g/mol. The molecule has 32 heavy (non-hydrogen) atoms. The molecule has 0 unspecified atom stereocenters. The van der Waals surface area contributed by atoms with Gasteiger partial charge in [-0.1, -0.05) is 79.7 Å². The van der Waals surface area contributed by atoms with Crippen LogP contribution >= 0.6 is 0 Å². The van der Waals surface area contributed by atoms with Gasteiger partial charge < -0.3 is 15.0 Å². The number of carbonyl (C=O) groups is 2. The van der Waals surface area contributed by atoms with E-state index in [9.17, 15) is 9.59 Å². The van der Waals surface area contributed by atoms with Crippen LogP contribution in [-0.4, -0.2) is 30.4 Å². The second-order valence-corrected chi connectivity index (χ2v) is 7.56. The third-order valence-electron chi connectivity index (χ3n) is 5.37. The fourth-order valence-electron chi connectivity index (χ4n) is 3.63. The third-order valence-corrected chi connectivity index (χ3v) is 5.37. The molecule has 0 fully saturated rings. The Kier molecular flexibility index (Phi) is 8.44. The fourth-order valence-corrected chi connectivity index (χ4v) is 3.63. The molecule has 3 aromatic rings. The van der Waals surface area contributed by atoms with Crippen LogP contribution in [0.25, 0.3) is 0 Å². The van der Waals surface area contributed by atoms with Crippen molar-refractivity contribution < 1.29 is 14.3 Å². The summed E-state index contributed by atoms with van der Waals surface area (Å²) in [5, 5.41) is 3.04. The van der Waals surface area contributed by atoms with Gasteiger partial charge in [-0.2, -0.15) is 0 Å². The molecule has 166 valence electrons. The number of methoxy groups -OCH3 is 1. The maximum Gasteiger partial charge on any atom is 0.247 e. The lowest BCUT2D eigenvalue weighted by molar-refractivity contribution is -0.141. The van der Waals surface area contributed by atoms with E-state index in [4.69, 9.17) is 4.74 Å². The first-order valence-electron chi connectivity index (χ1n) is 10.9. The summed E-state index contributed by atoms with van der Waals surface area (Å²) >= 11 is 0. The van der Waals surface area contributed by atoms with Gasteiger partial charge in [0.1, 0.15) is 11.8 Å². The molecule has 5 nitrogen and oxygen atoms in total. The number of hydrogen-bond donors (Lipinski definition) is 1. The van der Waals surface area contributed by atoms with E-state index in [-0.39, 0.29) is 11.8 Å². The molecule has 1 N–H and O–H groups in total. The largest absolute Gasteiger partial charge is 0.497 e. The van der Waals surface area contributed by atoms with E-state index in [0.29, 0.717) is 25.9 Å². The minimum absolute atomic E-state index is 0.0620. The predicted molar refractivity (Wildman–Crippen MR) is 126 cm³/mol. The Labute approximate surface area is 190 Å². The van der Waals surface area contributed by atoms with Crippen molar-refractivity contribution in [2.24, 2.45) is 0 Å². The third kappa shape index (κ3) is 6.20. The fraction of sp³-hybridized carbons (Fsp3) is 0.259. The Morgan fingerprint density at radius 1 is 0.875 bits per heavy atom. The topological polar surface area (TPSA) is 58.6 Å². The van der Waals surface area contributed by atoms with Gasteiger partial charge in [-0.3, -0.25) is 9.59 Å². The molecule has 0 radical (unpaired) electrons. The summed E-state index contributed by atoms with van der Waals surface area (Å²) in [5.74, 6) is 0.562. The smallest absolute Gasteiger partial charge is 0.247 e. The van der Waals surface area contributed by atoms with Gasteiger partial charge in [0, 0.05) is 19.5 Å². The van der Waals surface area contributed by atoms with Crippen LogP contribution in [0.1, 0.15) is 36.1 Å². The van der Waals surface area contributed by atoms with Crippen LogP contribution in [-0.2, 0) is 22.6 Å². The van der Waals surface area contributed by atoms with Gasteiger partial charge in [0.05, 0.1) is 7.11 Å². The molecule has 0 aromatic heterocycles. The zero-order chi connectivity index (χ0) is 22.8. The summed E-state index contributed by atoms with van der Waals surface area (Å²) < 4.78 is 5.19. The number of carbonyl (C=O) groups excluding carboxylic acids is 2. The van der Waals surface area contributed by atoms with Gasteiger partial charge in [-0.05, 0) is 35.2 Å². The van der Waals surface area contributed by atoms with Crippen LogP contribution in [0.3, 0.4) is 0 Å². The molecule has 0 saturated carbocycles. The number of nitrogens with zero attached hydrogens (tertiary/aromatic N) is 1. The number of hydrogen-bond acceptors (Lipinski definition) is 3. The summed E-state index contributed by atoms with van der Waals surface area (Å²) in [6, 6.07) is 26.4. The van der Waals surface area contributed by atoms with Gasteiger partial charge in [-0.15, -0.1) is 0 Å². The second-order valence-electron chi connectivity index (χ2n) is 7.56. The minimum Gasteiger partial charge on any atom is -0.497 e. The zero-order valence-electron chi connectivity index (χ0n) is 18.7. The van der Waals surface area contributed by atoms with Crippen molar-refractivity contribution in [3.8, 4) is 5.75 Å². The first-order chi connectivity index (χ1) is 15.6. The Hall–Kier alpha value is -3.60. The van der Waals surface area contributed by atoms with Crippen LogP contribution < -0.4 is 10.1 Å². The monoisotopic (exact) mass is 430 g/mol. The molecule has 0 aliphatic rings. The Bertz CT molecular complexity index is 988. The number of nitrogens with one attached hydrogen (secondary N) is 1. The van der Waals surface area contributed by atoms with Crippen molar-refractivity contribution >= 4 is 11.8 Å². The number of benzene rings is 3. The zero-order valence-corrected chi connectivity index (χ0v) is 18.7. The van der Waals surface area contributed by atoms with Gasteiger partial charge in [0.15, 0.2) is 0 Å². The van der Waals surface area contributed by atoms with Crippen molar-refractivity contribution in [2.75, 3.05) is 13.7 Å². The summed E-state index contributed by atoms with van der Waals surface area (Å²) in [6.07, 6.45) is 1.02.